The maximum Gasteiger partial charge on any atom is 0.268 e. The molecule has 3 aromatic rings. The number of aliphatic hydroxyl groups is 1. The van der Waals surface area contributed by atoms with Crippen LogP contribution in [0.15, 0.2) is 78.9 Å². The summed E-state index contributed by atoms with van der Waals surface area (Å²) in [5, 5.41) is 27.1. The molecule has 0 aliphatic heterocycles. The van der Waals surface area contributed by atoms with Gasteiger partial charge in [-0.15, -0.1) is 0 Å². The summed E-state index contributed by atoms with van der Waals surface area (Å²) in [4.78, 5) is 36.4. The van der Waals surface area contributed by atoms with E-state index in [0.29, 0.717) is 23.2 Å². The lowest BCUT2D eigenvalue weighted by Crippen LogP contribution is -2.51. The molecule has 9 heteroatoms. The van der Waals surface area contributed by atoms with Crippen molar-refractivity contribution in [3.63, 3.8) is 0 Å². The van der Waals surface area contributed by atoms with Crippen LogP contribution in [0.5, 0.6) is 0 Å². The first-order valence-corrected chi connectivity index (χ1v) is 12.1. The van der Waals surface area contributed by atoms with Crippen molar-refractivity contribution in [1.82, 2.24) is 16.1 Å². The first-order valence-electron chi connectivity index (χ1n) is 12.1. The summed E-state index contributed by atoms with van der Waals surface area (Å²) in [7, 11) is 0. The largest absolute Gasteiger partial charge is 0.391 e. The van der Waals surface area contributed by atoms with Crippen LogP contribution in [-0.2, 0) is 9.59 Å². The van der Waals surface area contributed by atoms with Crippen LogP contribution < -0.4 is 21.4 Å². The fourth-order valence-electron chi connectivity index (χ4n) is 4.18. The second-order valence-electron chi connectivity index (χ2n) is 9.11. The van der Waals surface area contributed by atoms with Crippen LogP contribution in [0, 0.1) is 0 Å². The molecule has 0 heterocycles. The predicted octanol–water partition coefficient (Wildman–Crippen LogP) is 2.42. The molecule has 1 fully saturated rings. The van der Waals surface area contributed by atoms with E-state index in [2.05, 4.69) is 28.1 Å². The molecular weight excluding hydrogens is 472 g/mol. The molecular formula is C28H30N4O5. The Bertz CT molecular complexity index is 1230. The monoisotopic (exact) mass is 502 g/mol. The summed E-state index contributed by atoms with van der Waals surface area (Å²) >= 11 is 0. The summed E-state index contributed by atoms with van der Waals surface area (Å²) in [6.07, 6.45) is -0.156. The molecule has 1 saturated carbocycles. The molecule has 0 saturated heterocycles. The lowest BCUT2D eigenvalue weighted by atomic mass is 10.0. The first kappa shape index (κ1) is 26.0. The molecule has 192 valence electrons. The van der Waals surface area contributed by atoms with Gasteiger partial charge < -0.3 is 21.1 Å². The van der Waals surface area contributed by atoms with E-state index in [9.17, 15) is 19.5 Å². The first-order chi connectivity index (χ1) is 17.9. The molecule has 37 heavy (non-hydrogen) atoms. The van der Waals surface area contributed by atoms with Crippen molar-refractivity contribution in [3.05, 3.63) is 90.0 Å². The van der Waals surface area contributed by atoms with E-state index in [-0.39, 0.29) is 12.5 Å². The molecule has 0 aromatic heterocycles. The second-order valence-corrected chi connectivity index (χ2v) is 9.11. The quantitative estimate of drug-likeness (QED) is 0.186. The molecule has 4 atom stereocenters. The number of carbonyl (C=O) groups excluding carboxylic acids is 3. The van der Waals surface area contributed by atoms with Gasteiger partial charge in [0.2, 0.25) is 5.91 Å². The topological polar surface area (TPSA) is 140 Å². The highest BCUT2D eigenvalue weighted by molar-refractivity contribution is 5.98. The van der Waals surface area contributed by atoms with Crippen LogP contribution in [0.3, 0.4) is 0 Å². The number of rotatable bonds is 10. The minimum absolute atomic E-state index is 0.104. The van der Waals surface area contributed by atoms with Gasteiger partial charge in [0.15, 0.2) is 0 Å². The zero-order valence-electron chi connectivity index (χ0n) is 20.3. The van der Waals surface area contributed by atoms with Crippen molar-refractivity contribution in [2.45, 2.75) is 37.5 Å². The third-order valence-corrected chi connectivity index (χ3v) is 6.35. The van der Waals surface area contributed by atoms with E-state index in [1.807, 2.05) is 42.5 Å². The number of hydrogen-bond acceptors (Lipinski definition) is 6. The van der Waals surface area contributed by atoms with Gasteiger partial charge in [0.1, 0.15) is 6.04 Å². The standard InChI is InChI=1S/C28H30N4O5/c1-17(33)26(28(36)32-37)31-27(35)21-9-7-18(8-10-21)19-11-13-22(14-12-19)30-25(34)16-29-24-15-23(24)20-5-3-2-4-6-20/h2-14,17,23-24,26,29,33,37H,15-16H2,1H3,(H,30,34)(H,31,35)(H,32,36)/t17-,23-,24?,26+/m1/s1. The molecule has 0 spiro atoms. The summed E-state index contributed by atoms with van der Waals surface area (Å²) < 4.78 is 0. The molecule has 0 radical (unpaired) electrons. The Morgan fingerprint density at radius 2 is 1.54 bits per heavy atom. The Morgan fingerprint density at radius 1 is 0.919 bits per heavy atom. The van der Waals surface area contributed by atoms with Gasteiger partial charge in [-0.2, -0.15) is 0 Å². The van der Waals surface area contributed by atoms with E-state index < -0.39 is 24.0 Å². The van der Waals surface area contributed by atoms with Gasteiger partial charge in [0, 0.05) is 23.2 Å². The predicted molar refractivity (Wildman–Crippen MR) is 139 cm³/mol. The van der Waals surface area contributed by atoms with Gasteiger partial charge in [-0.3, -0.25) is 19.6 Å². The fraction of sp³-hybridized carbons (Fsp3) is 0.250. The van der Waals surface area contributed by atoms with Crippen molar-refractivity contribution in [1.29, 1.82) is 0 Å². The fourth-order valence-corrected chi connectivity index (χ4v) is 4.18. The number of aliphatic hydroxyl groups excluding tert-OH is 1. The lowest BCUT2D eigenvalue weighted by Gasteiger charge is -2.19. The Kier molecular flexibility index (Phi) is 8.29. The lowest BCUT2D eigenvalue weighted by molar-refractivity contribution is -0.133. The van der Waals surface area contributed by atoms with Crippen LogP contribution in [0.1, 0.15) is 35.2 Å². The number of carbonyl (C=O) groups is 3. The normalized spacial score (nSPS) is 17.8. The zero-order valence-corrected chi connectivity index (χ0v) is 20.3. The Balaban J connectivity index is 1.27. The summed E-state index contributed by atoms with van der Waals surface area (Å²) in [6, 6.07) is 23.4. The zero-order chi connectivity index (χ0) is 26.4. The number of hydroxylamine groups is 1. The van der Waals surface area contributed by atoms with Crippen molar-refractivity contribution < 1.29 is 24.7 Å². The highest BCUT2D eigenvalue weighted by Crippen LogP contribution is 2.40. The van der Waals surface area contributed by atoms with Crippen LogP contribution in [0.4, 0.5) is 5.69 Å². The van der Waals surface area contributed by atoms with Gasteiger partial charge in [-0.25, -0.2) is 5.48 Å². The number of anilines is 1. The van der Waals surface area contributed by atoms with E-state index >= 15 is 0 Å². The van der Waals surface area contributed by atoms with Crippen molar-refractivity contribution in [2.24, 2.45) is 0 Å². The number of hydrogen-bond donors (Lipinski definition) is 6. The van der Waals surface area contributed by atoms with Gasteiger partial charge in [-0.1, -0.05) is 54.6 Å². The molecule has 1 unspecified atom stereocenters. The molecule has 3 aromatic carbocycles. The molecule has 1 aliphatic carbocycles. The van der Waals surface area contributed by atoms with E-state index in [4.69, 9.17) is 5.21 Å². The highest BCUT2D eigenvalue weighted by Gasteiger charge is 2.37. The van der Waals surface area contributed by atoms with Crippen LogP contribution in [0.2, 0.25) is 0 Å². The van der Waals surface area contributed by atoms with Crippen molar-refractivity contribution in [2.75, 3.05) is 11.9 Å². The highest BCUT2D eigenvalue weighted by atomic mass is 16.5. The van der Waals surface area contributed by atoms with Crippen molar-refractivity contribution in [3.8, 4) is 11.1 Å². The molecule has 3 amide bonds. The second kappa shape index (κ2) is 11.8. The number of nitrogens with one attached hydrogen (secondary N) is 4. The van der Waals surface area contributed by atoms with Crippen molar-refractivity contribution >= 4 is 23.4 Å². The Labute approximate surface area is 214 Å². The molecule has 4 rings (SSSR count). The maximum absolute atomic E-state index is 12.4. The smallest absolute Gasteiger partial charge is 0.268 e. The summed E-state index contributed by atoms with van der Waals surface area (Å²) in [6.45, 7) is 1.58. The summed E-state index contributed by atoms with van der Waals surface area (Å²) in [5.74, 6) is -1.11. The maximum atomic E-state index is 12.4. The van der Waals surface area contributed by atoms with Gasteiger partial charge in [-0.05, 0) is 54.3 Å². The van der Waals surface area contributed by atoms with Gasteiger partial charge >= 0.3 is 0 Å². The molecule has 0 bridgehead atoms. The van der Waals surface area contributed by atoms with Crippen LogP contribution >= 0.6 is 0 Å². The van der Waals surface area contributed by atoms with Gasteiger partial charge in [0.05, 0.1) is 12.6 Å². The SMILES string of the molecule is C[C@@H](O)[C@H](NC(=O)c1ccc(-c2ccc(NC(=O)CNC3C[C@@H]3c3ccccc3)cc2)cc1)C(=O)NO. The Hall–Kier alpha value is -4.05. The minimum atomic E-state index is -1.29. The molecule has 6 N–H and O–H groups in total. The van der Waals surface area contributed by atoms with Crippen LogP contribution in [-0.4, -0.2) is 52.8 Å². The average Bonchev–Trinajstić information content (AvgIpc) is 3.71. The molecule has 9 nitrogen and oxygen atoms in total. The van der Waals surface area contributed by atoms with Crippen LogP contribution in [0.25, 0.3) is 11.1 Å². The Morgan fingerprint density at radius 3 is 2.14 bits per heavy atom. The number of benzene rings is 3. The summed E-state index contributed by atoms with van der Waals surface area (Å²) in [5.41, 5.74) is 5.46. The third-order valence-electron chi connectivity index (χ3n) is 6.35. The van der Waals surface area contributed by atoms with Gasteiger partial charge in [0.25, 0.3) is 11.8 Å². The number of amides is 3. The third kappa shape index (κ3) is 6.79. The van der Waals surface area contributed by atoms with E-state index in [1.54, 1.807) is 24.3 Å². The van der Waals surface area contributed by atoms with E-state index in [0.717, 1.165) is 17.5 Å². The minimum Gasteiger partial charge on any atom is -0.391 e. The molecule has 1 aliphatic rings. The van der Waals surface area contributed by atoms with E-state index in [1.165, 1.54) is 18.0 Å². The average molecular weight is 503 g/mol.